The molecule has 0 aliphatic carbocycles. The van der Waals surface area contributed by atoms with Gasteiger partial charge in [0.25, 0.3) is 0 Å². The maximum absolute atomic E-state index is 12.7. The third-order valence-corrected chi connectivity index (χ3v) is 2.60. The molecule has 0 aliphatic heterocycles. The Kier molecular flexibility index (Phi) is 8.33. The normalized spacial score (nSPS) is 12.6. The fraction of sp³-hybridized carbons (Fsp3) is 0.571. The SMILES string of the molecule is COCCCOCCOCC(N)c1ccc(F)cc1. The Balaban J connectivity index is 2.04. The van der Waals surface area contributed by atoms with Crippen molar-refractivity contribution in [1.29, 1.82) is 0 Å². The predicted molar refractivity (Wildman–Crippen MR) is 71.5 cm³/mol. The Morgan fingerprint density at radius 1 is 1.05 bits per heavy atom. The molecule has 0 radical (unpaired) electrons. The van der Waals surface area contributed by atoms with Gasteiger partial charge < -0.3 is 19.9 Å². The molecule has 0 heterocycles. The van der Waals surface area contributed by atoms with E-state index >= 15 is 0 Å². The van der Waals surface area contributed by atoms with Gasteiger partial charge in [-0.05, 0) is 24.1 Å². The quantitative estimate of drug-likeness (QED) is 0.660. The second kappa shape index (κ2) is 9.86. The Morgan fingerprint density at radius 2 is 1.74 bits per heavy atom. The summed E-state index contributed by atoms with van der Waals surface area (Å²) >= 11 is 0. The van der Waals surface area contributed by atoms with Gasteiger partial charge in [0.1, 0.15) is 5.82 Å². The second-order valence-corrected chi connectivity index (χ2v) is 4.19. The summed E-state index contributed by atoms with van der Waals surface area (Å²) in [5.41, 5.74) is 6.78. The minimum atomic E-state index is -0.263. The molecule has 2 N–H and O–H groups in total. The van der Waals surface area contributed by atoms with Gasteiger partial charge in [-0.2, -0.15) is 0 Å². The molecule has 1 atom stereocenters. The van der Waals surface area contributed by atoms with Crippen LogP contribution in [0.3, 0.4) is 0 Å². The molecular formula is C14H22FNO3. The first kappa shape index (κ1) is 16.0. The van der Waals surface area contributed by atoms with Gasteiger partial charge in [-0.1, -0.05) is 12.1 Å². The first-order valence-electron chi connectivity index (χ1n) is 6.39. The summed E-state index contributed by atoms with van der Waals surface area (Å²) in [5, 5.41) is 0. The Labute approximate surface area is 113 Å². The molecule has 0 spiro atoms. The summed E-state index contributed by atoms with van der Waals surface area (Å²) in [6.45, 7) is 2.81. The lowest BCUT2D eigenvalue weighted by atomic mass is 10.1. The van der Waals surface area contributed by atoms with E-state index in [4.69, 9.17) is 19.9 Å². The van der Waals surface area contributed by atoms with Crippen molar-refractivity contribution in [3.05, 3.63) is 35.6 Å². The van der Waals surface area contributed by atoms with Crippen molar-refractivity contribution in [2.24, 2.45) is 5.73 Å². The number of nitrogens with two attached hydrogens (primary N) is 1. The van der Waals surface area contributed by atoms with Gasteiger partial charge in [-0.3, -0.25) is 0 Å². The maximum Gasteiger partial charge on any atom is 0.123 e. The van der Waals surface area contributed by atoms with E-state index in [0.717, 1.165) is 12.0 Å². The van der Waals surface area contributed by atoms with Gasteiger partial charge in [0.2, 0.25) is 0 Å². The van der Waals surface area contributed by atoms with Crippen LogP contribution in [0, 0.1) is 5.82 Å². The third-order valence-electron chi connectivity index (χ3n) is 2.60. The van der Waals surface area contributed by atoms with E-state index in [0.29, 0.717) is 33.0 Å². The van der Waals surface area contributed by atoms with Gasteiger partial charge >= 0.3 is 0 Å². The van der Waals surface area contributed by atoms with Crippen LogP contribution in [0.4, 0.5) is 4.39 Å². The second-order valence-electron chi connectivity index (χ2n) is 4.19. The van der Waals surface area contributed by atoms with Gasteiger partial charge in [-0.25, -0.2) is 4.39 Å². The fourth-order valence-corrected chi connectivity index (χ4v) is 1.54. The van der Waals surface area contributed by atoms with Gasteiger partial charge in [-0.15, -0.1) is 0 Å². The molecule has 0 saturated heterocycles. The molecule has 1 aromatic carbocycles. The van der Waals surface area contributed by atoms with Gasteiger partial charge in [0.05, 0.1) is 25.9 Å². The molecule has 0 aliphatic rings. The first-order chi connectivity index (χ1) is 9.24. The summed E-state index contributed by atoms with van der Waals surface area (Å²) in [7, 11) is 1.67. The van der Waals surface area contributed by atoms with Crippen LogP contribution in [0.1, 0.15) is 18.0 Å². The molecule has 5 heteroatoms. The molecule has 0 amide bonds. The minimum Gasteiger partial charge on any atom is -0.385 e. The molecule has 4 nitrogen and oxygen atoms in total. The zero-order chi connectivity index (χ0) is 13.9. The summed E-state index contributed by atoms with van der Waals surface area (Å²) in [6.07, 6.45) is 0.881. The van der Waals surface area contributed by atoms with Crippen molar-refractivity contribution in [2.75, 3.05) is 40.1 Å². The van der Waals surface area contributed by atoms with Gasteiger partial charge in [0.15, 0.2) is 0 Å². The number of rotatable bonds is 10. The number of halogens is 1. The predicted octanol–water partition coefficient (Wildman–Crippen LogP) is 1.90. The topological polar surface area (TPSA) is 53.7 Å². The largest absolute Gasteiger partial charge is 0.385 e. The zero-order valence-electron chi connectivity index (χ0n) is 11.3. The first-order valence-corrected chi connectivity index (χ1v) is 6.39. The molecule has 0 fully saturated rings. The van der Waals surface area contributed by atoms with E-state index < -0.39 is 0 Å². The zero-order valence-corrected chi connectivity index (χ0v) is 11.3. The van der Waals surface area contributed by atoms with Crippen LogP contribution in [-0.4, -0.2) is 40.1 Å². The summed E-state index contributed by atoms with van der Waals surface area (Å²) in [4.78, 5) is 0. The highest BCUT2D eigenvalue weighted by atomic mass is 19.1. The van der Waals surface area contributed by atoms with E-state index in [2.05, 4.69) is 0 Å². The molecule has 19 heavy (non-hydrogen) atoms. The number of methoxy groups -OCH3 is 1. The average molecular weight is 271 g/mol. The molecular weight excluding hydrogens is 249 g/mol. The van der Waals surface area contributed by atoms with Crippen molar-refractivity contribution >= 4 is 0 Å². The van der Waals surface area contributed by atoms with Crippen LogP contribution in [0.25, 0.3) is 0 Å². The van der Waals surface area contributed by atoms with Crippen LogP contribution in [0.5, 0.6) is 0 Å². The molecule has 0 aromatic heterocycles. The van der Waals surface area contributed by atoms with Crippen LogP contribution in [0.15, 0.2) is 24.3 Å². The third kappa shape index (κ3) is 7.22. The lowest BCUT2D eigenvalue weighted by Crippen LogP contribution is -2.18. The highest BCUT2D eigenvalue weighted by molar-refractivity contribution is 5.19. The number of benzene rings is 1. The monoisotopic (exact) mass is 271 g/mol. The number of ether oxygens (including phenoxy) is 3. The summed E-state index contributed by atoms with van der Waals surface area (Å²) in [5.74, 6) is -0.263. The Hall–Kier alpha value is -1.01. The van der Waals surface area contributed by atoms with E-state index in [9.17, 15) is 4.39 Å². The van der Waals surface area contributed by atoms with Crippen molar-refractivity contribution in [2.45, 2.75) is 12.5 Å². The molecule has 0 saturated carbocycles. The van der Waals surface area contributed by atoms with Crippen LogP contribution in [0.2, 0.25) is 0 Å². The smallest absolute Gasteiger partial charge is 0.123 e. The highest BCUT2D eigenvalue weighted by Gasteiger charge is 2.05. The summed E-state index contributed by atoms with van der Waals surface area (Å²) < 4.78 is 28.4. The Morgan fingerprint density at radius 3 is 2.42 bits per heavy atom. The van der Waals surface area contributed by atoms with Crippen molar-refractivity contribution < 1.29 is 18.6 Å². The van der Waals surface area contributed by atoms with E-state index in [1.165, 1.54) is 12.1 Å². The average Bonchev–Trinajstić information content (AvgIpc) is 2.42. The standard InChI is InChI=1S/C14H22FNO3/c1-17-7-2-8-18-9-10-19-11-14(16)12-3-5-13(15)6-4-12/h3-6,14H,2,7-11,16H2,1H3. The molecule has 1 aromatic rings. The lowest BCUT2D eigenvalue weighted by Gasteiger charge is -2.12. The number of hydrogen-bond acceptors (Lipinski definition) is 4. The van der Waals surface area contributed by atoms with Crippen molar-refractivity contribution in [3.8, 4) is 0 Å². The lowest BCUT2D eigenvalue weighted by molar-refractivity contribution is 0.0355. The van der Waals surface area contributed by atoms with Crippen molar-refractivity contribution in [1.82, 2.24) is 0 Å². The van der Waals surface area contributed by atoms with Crippen LogP contribution in [-0.2, 0) is 14.2 Å². The summed E-state index contributed by atoms with van der Waals surface area (Å²) in [6, 6.07) is 5.89. The Bertz CT molecular complexity index is 332. The van der Waals surface area contributed by atoms with E-state index in [1.54, 1.807) is 19.2 Å². The molecule has 1 unspecified atom stereocenters. The number of hydrogen-bond donors (Lipinski definition) is 1. The van der Waals surface area contributed by atoms with Crippen LogP contribution >= 0.6 is 0 Å². The maximum atomic E-state index is 12.7. The highest BCUT2D eigenvalue weighted by Crippen LogP contribution is 2.11. The molecule has 1 rings (SSSR count). The van der Waals surface area contributed by atoms with Gasteiger partial charge in [0, 0.05) is 20.3 Å². The van der Waals surface area contributed by atoms with Crippen molar-refractivity contribution in [3.63, 3.8) is 0 Å². The fourth-order valence-electron chi connectivity index (χ4n) is 1.54. The van der Waals surface area contributed by atoms with Crippen LogP contribution < -0.4 is 5.73 Å². The van der Waals surface area contributed by atoms with E-state index in [1.807, 2.05) is 0 Å². The molecule has 108 valence electrons. The van der Waals surface area contributed by atoms with E-state index in [-0.39, 0.29) is 11.9 Å². The minimum absolute atomic E-state index is 0.242. The molecule has 0 bridgehead atoms.